The molecule has 1 aromatic rings. The minimum atomic E-state index is -0.970. The van der Waals surface area contributed by atoms with E-state index in [1.807, 2.05) is 6.20 Å². The van der Waals surface area contributed by atoms with E-state index in [-0.39, 0.29) is 0 Å². The molecule has 0 radical (unpaired) electrons. The number of pyridine rings is 1. The number of hydrogen-bond donors (Lipinski definition) is 0. The summed E-state index contributed by atoms with van der Waals surface area (Å²) in [4.78, 5) is 4.10. The first-order valence-electron chi connectivity index (χ1n) is 4.08. The van der Waals surface area contributed by atoms with Gasteiger partial charge in [0.25, 0.3) is 0 Å². The van der Waals surface area contributed by atoms with Crippen LogP contribution < -0.4 is 0 Å². The van der Waals surface area contributed by atoms with Crippen LogP contribution >= 0.6 is 15.9 Å². The molecule has 0 fully saturated rings. The predicted molar refractivity (Wildman–Crippen MR) is 59.0 cm³/mol. The third-order valence-electron chi connectivity index (χ3n) is 1.53. The highest BCUT2D eigenvalue weighted by Gasteiger charge is 2.13. The van der Waals surface area contributed by atoms with Crippen LogP contribution in [0.15, 0.2) is 22.9 Å². The van der Waals surface area contributed by atoms with Gasteiger partial charge in [-0.2, -0.15) is 0 Å². The molecule has 0 aliphatic rings. The van der Waals surface area contributed by atoms with Crippen molar-refractivity contribution in [3.63, 3.8) is 0 Å². The van der Waals surface area contributed by atoms with E-state index in [1.54, 1.807) is 0 Å². The Morgan fingerprint density at radius 3 is 2.58 bits per heavy atom. The Labute approximate surface area is 83.4 Å². The number of halogens is 1. The Morgan fingerprint density at radius 2 is 2.08 bits per heavy atom. The molecule has 0 saturated heterocycles. The zero-order valence-corrected chi connectivity index (χ0v) is 10.4. The second-order valence-corrected chi connectivity index (χ2v) is 10.5. The van der Waals surface area contributed by atoms with Gasteiger partial charge >= 0.3 is 0 Å². The lowest BCUT2D eigenvalue weighted by Crippen LogP contribution is -2.23. The van der Waals surface area contributed by atoms with E-state index in [2.05, 4.69) is 52.7 Å². The van der Waals surface area contributed by atoms with Gasteiger partial charge in [0.1, 0.15) is 4.60 Å². The fraction of sp³-hybridized carbons (Fsp3) is 0.444. The molecule has 0 atom stereocenters. The van der Waals surface area contributed by atoms with Gasteiger partial charge in [0.05, 0.1) is 0 Å². The molecule has 0 saturated carbocycles. The van der Waals surface area contributed by atoms with Crippen LogP contribution in [0.4, 0.5) is 0 Å². The first-order valence-corrected chi connectivity index (χ1v) is 8.58. The molecule has 12 heavy (non-hydrogen) atoms. The molecule has 3 heteroatoms. The maximum Gasteiger partial charge on any atom is 0.106 e. The molecule has 0 aromatic carbocycles. The Morgan fingerprint density at radius 1 is 1.42 bits per heavy atom. The highest BCUT2D eigenvalue weighted by Crippen LogP contribution is 2.14. The molecule has 0 amide bonds. The van der Waals surface area contributed by atoms with Crippen molar-refractivity contribution in [2.75, 3.05) is 0 Å². The minimum absolute atomic E-state index is 0.943. The second kappa shape index (κ2) is 3.71. The van der Waals surface area contributed by atoms with E-state index >= 15 is 0 Å². The topological polar surface area (TPSA) is 12.9 Å². The third kappa shape index (κ3) is 3.50. The summed E-state index contributed by atoms with van der Waals surface area (Å²) < 4.78 is 0.943. The summed E-state index contributed by atoms with van der Waals surface area (Å²) in [5.41, 5.74) is 1.40. The van der Waals surface area contributed by atoms with Crippen LogP contribution in [0, 0.1) is 0 Å². The van der Waals surface area contributed by atoms with Crippen LogP contribution in [0.5, 0.6) is 0 Å². The van der Waals surface area contributed by atoms with Crippen molar-refractivity contribution in [3.05, 3.63) is 28.5 Å². The molecule has 0 N–H and O–H groups in total. The Balaban J connectivity index is 2.77. The lowest BCUT2D eigenvalue weighted by molar-refractivity contribution is 1.20. The summed E-state index contributed by atoms with van der Waals surface area (Å²) in [5, 5.41) is 0. The van der Waals surface area contributed by atoms with Crippen LogP contribution in [0.3, 0.4) is 0 Å². The average molecular weight is 244 g/mol. The Kier molecular flexibility index (Phi) is 3.07. The SMILES string of the molecule is C[Si](C)(C)Cc1ccnc(Br)c1. The highest BCUT2D eigenvalue weighted by molar-refractivity contribution is 9.10. The van der Waals surface area contributed by atoms with Crippen molar-refractivity contribution in [2.45, 2.75) is 25.7 Å². The first kappa shape index (κ1) is 9.93. The van der Waals surface area contributed by atoms with Gasteiger partial charge in [-0.15, -0.1) is 0 Å². The lowest BCUT2D eigenvalue weighted by atomic mass is 10.3. The van der Waals surface area contributed by atoms with Crippen molar-refractivity contribution >= 4 is 24.0 Å². The highest BCUT2D eigenvalue weighted by atomic mass is 79.9. The summed E-state index contributed by atoms with van der Waals surface area (Å²) in [6.45, 7) is 7.13. The molecule has 1 rings (SSSR count). The van der Waals surface area contributed by atoms with Crippen molar-refractivity contribution in [3.8, 4) is 0 Å². The van der Waals surface area contributed by atoms with E-state index in [0.29, 0.717) is 0 Å². The minimum Gasteiger partial charge on any atom is -0.249 e. The van der Waals surface area contributed by atoms with Gasteiger partial charge in [0.15, 0.2) is 0 Å². The zero-order valence-electron chi connectivity index (χ0n) is 7.76. The van der Waals surface area contributed by atoms with Crippen molar-refractivity contribution in [1.29, 1.82) is 0 Å². The molecular weight excluding hydrogens is 230 g/mol. The molecular formula is C9H14BrNSi. The zero-order chi connectivity index (χ0) is 9.19. The first-order chi connectivity index (χ1) is 5.47. The molecule has 0 bridgehead atoms. The standard InChI is InChI=1S/C9H14BrNSi/c1-12(2,3)7-8-4-5-11-9(10)6-8/h4-6H,7H2,1-3H3. The Bertz CT molecular complexity index is 267. The summed E-state index contributed by atoms with van der Waals surface area (Å²) in [6, 6.07) is 5.44. The van der Waals surface area contributed by atoms with Crippen LogP contribution in [0.2, 0.25) is 19.6 Å². The van der Waals surface area contributed by atoms with Gasteiger partial charge in [-0.1, -0.05) is 19.6 Å². The van der Waals surface area contributed by atoms with Crippen LogP contribution in [-0.4, -0.2) is 13.1 Å². The number of hydrogen-bond acceptors (Lipinski definition) is 1. The quantitative estimate of drug-likeness (QED) is 0.574. The van der Waals surface area contributed by atoms with Crippen LogP contribution in [0.25, 0.3) is 0 Å². The van der Waals surface area contributed by atoms with E-state index < -0.39 is 8.07 Å². The molecule has 1 heterocycles. The smallest absolute Gasteiger partial charge is 0.106 e. The monoisotopic (exact) mass is 243 g/mol. The Hall–Kier alpha value is -0.153. The number of aromatic nitrogens is 1. The fourth-order valence-electron chi connectivity index (χ4n) is 1.16. The maximum absolute atomic E-state index is 4.10. The normalized spacial score (nSPS) is 11.7. The molecule has 0 unspecified atom stereocenters. The molecule has 0 aliphatic carbocycles. The van der Waals surface area contributed by atoms with Crippen LogP contribution in [0.1, 0.15) is 5.56 Å². The average Bonchev–Trinajstić information content (AvgIpc) is 1.82. The summed E-state index contributed by atoms with van der Waals surface area (Å²) in [5.74, 6) is 0. The van der Waals surface area contributed by atoms with Gasteiger partial charge in [-0.05, 0) is 39.7 Å². The second-order valence-electron chi connectivity index (χ2n) is 4.22. The molecule has 0 aliphatic heterocycles. The summed E-state index contributed by atoms with van der Waals surface area (Å²) in [6.07, 6.45) is 1.86. The van der Waals surface area contributed by atoms with E-state index in [1.165, 1.54) is 11.6 Å². The van der Waals surface area contributed by atoms with Gasteiger partial charge in [-0.25, -0.2) is 4.98 Å². The van der Waals surface area contributed by atoms with E-state index in [4.69, 9.17) is 0 Å². The van der Waals surface area contributed by atoms with Gasteiger partial charge in [0, 0.05) is 14.3 Å². The van der Waals surface area contributed by atoms with Crippen molar-refractivity contribution in [1.82, 2.24) is 4.98 Å². The van der Waals surface area contributed by atoms with Gasteiger partial charge < -0.3 is 0 Å². The molecule has 0 spiro atoms. The largest absolute Gasteiger partial charge is 0.249 e. The van der Waals surface area contributed by atoms with Crippen molar-refractivity contribution in [2.24, 2.45) is 0 Å². The maximum atomic E-state index is 4.10. The summed E-state index contributed by atoms with van der Waals surface area (Å²) >= 11 is 3.37. The molecule has 1 aromatic heterocycles. The lowest BCUT2D eigenvalue weighted by Gasteiger charge is -2.15. The fourth-order valence-corrected chi connectivity index (χ4v) is 3.02. The van der Waals surface area contributed by atoms with Gasteiger partial charge in [0.2, 0.25) is 0 Å². The third-order valence-corrected chi connectivity index (χ3v) is 3.43. The van der Waals surface area contributed by atoms with E-state index in [0.717, 1.165) is 4.60 Å². The van der Waals surface area contributed by atoms with Crippen LogP contribution in [-0.2, 0) is 6.04 Å². The predicted octanol–water partition coefficient (Wildman–Crippen LogP) is 3.26. The number of rotatable bonds is 2. The summed E-state index contributed by atoms with van der Waals surface area (Å²) in [7, 11) is -0.970. The van der Waals surface area contributed by atoms with E-state index in [9.17, 15) is 0 Å². The molecule has 66 valence electrons. The van der Waals surface area contributed by atoms with Crippen molar-refractivity contribution < 1.29 is 0 Å². The van der Waals surface area contributed by atoms with Gasteiger partial charge in [-0.3, -0.25) is 0 Å². The number of nitrogens with zero attached hydrogens (tertiary/aromatic N) is 1. The molecule has 1 nitrogen and oxygen atoms in total.